The average molecular weight is 255 g/mol. The van der Waals surface area contributed by atoms with Gasteiger partial charge in [0, 0.05) is 23.5 Å². The van der Waals surface area contributed by atoms with Crippen molar-refractivity contribution in [1.82, 2.24) is 4.98 Å². The highest BCUT2D eigenvalue weighted by atomic mass is 35.5. The van der Waals surface area contributed by atoms with E-state index in [0.29, 0.717) is 5.15 Å². The Balaban J connectivity index is 2.35. The summed E-state index contributed by atoms with van der Waals surface area (Å²) in [6, 6.07) is 10.9. The number of hydrogen-bond acceptors (Lipinski definition) is 4. The van der Waals surface area contributed by atoms with Crippen molar-refractivity contribution in [3.05, 3.63) is 47.4 Å². The van der Waals surface area contributed by atoms with E-state index in [0.717, 1.165) is 16.5 Å². The molecule has 0 aliphatic heterocycles. The monoisotopic (exact) mass is 254 g/mol. The van der Waals surface area contributed by atoms with E-state index < -0.39 is 0 Å². The average Bonchev–Trinajstić information content (AvgIpc) is 2.40. The van der Waals surface area contributed by atoms with Gasteiger partial charge >= 0.3 is 0 Å². The molecule has 1 heterocycles. The minimum atomic E-state index is 0.0165. The van der Waals surface area contributed by atoms with Crippen LogP contribution in [-0.2, 0) is 0 Å². The Kier molecular flexibility index (Phi) is 3.43. The molecule has 1 N–H and O–H groups in total. The van der Waals surface area contributed by atoms with Gasteiger partial charge < -0.3 is 5.32 Å². The van der Waals surface area contributed by atoms with E-state index in [1.54, 1.807) is 24.4 Å². The van der Waals surface area contributed by atoms with Crippen LogP contribution in [0.25, 0.3) is 10.8 Å². The Morgan fingerprint density at radius 2 is 2.06 bits per heavy atom. The normalized spacial score (nSPS) is 9.28. The van der Waals surface area contributed by atoms with Crippen LogP contribution in [0.5, 0.6) is 0 Å². The molecule has 0 saturated heterocycles. The van der Waals surface area contributed by atoms with Gasteiger partial charge in [-0.1, -0.05) is 11.6 Å². The molecule has 0 saturated carbocycles. The van der Waals surface area contributed by atoms with Crippen molar-refractivity contribution >= 4 is 28.1 Å². The van der Waals surface area contributed by atoms with E-state index in [2.05, 4.69) is 10.3 Å². The van der Waals surface area contributed by atoms with Crippen molar-refractivity contribution in [1.29, 1.82) is 10.5 Å². The second kappa shape index (κ2) is 5.18. The zero-order valence-electron chi connectivity index (χ0n) is 9.18. The zero-order valence-corrected chi connectivity index (χ0v) is 9.94. The molecule has 0 unspecified atom stereocenters. The maximum absolute atomic E-state index is 8.61. The van der Waals surface area contributed by atoms with E-state index in [1.807, 2.05) is 18.2 Å². The predicted octanol–water partition coefficient (Wildman–Crippen LogP) is 3.23. The van der Waals surface area contributed by atoms with Crippen molar-refractivity contribution in [3.8, 4) is 12.1 Å². The van der Waals surface area contributed by atoms with Gasteiger partial charge in [-0.05, 0) is 29.7 Å². The van der Waals surface area contributed by atoms with Crippen LogP contribution in [0.4, 0.5) is 5.69 Å². The summed E-state index contributed by atoms with van der Waals surface area (Å²) in [6.07, 6.45) is 2.99. The summed E-state index contributed by atoms with van der Waals surface area (Å²) in [7, 11) is 0. The van der Waals surface area contributed by atoms with Crippen molar-refractivity contribution < 1.29 is 0 Å². The SMILES string of the molecule is N#CC(C#N)=CNc1ccc2c(Cl)nccc2c1. The van der Waals surface area contributed by atoms with Crippen LogP contribution in [0, 0.1) is 22.7 Å². The first-order chi connectivity index (χ1) is 8.74. The molecule has 0 aliphatic rings. The number of pyridine rings is 1. The molecular formula is C13H7ClN4. The Labute approximate surface area is 109 Å². The summed E-state index contributed by atoms with van der Waals surface area (Å²) in [5, 5.41) is 22.3. The summed E-state index contributed by atoms with van der Waals surface area (Å²) >= 11 is 5.95. The van der Waals surface area contributed by atoms with Crippen LogP contribution in [0.1, 0.15) is 0 Å². The van der Waals surface area contributed by atoms with Crippen molar-refractivity contribution in [2.75, 3.05) is 5.32 Å². The predicted molar refractivity (Wildman–Crippen MR) is 69.7 cm³/mol. The second-order valence-electron chi connectivity index (χ2n) is 3.46. The maximum Gasteiger partial charge on any atom is 0.145 e. The van der Waals surface area contributed by atoms with E-state index >= 15 is 0 Å². The van der Waals surface area contributed by atoms with Crippen molar-refractivity contribution in [3.63, 3.8) is 0 Å². The van der Waals surface area contributed by atoms with Gasteiger partial charge in [-0.25, -0.2) is 4.98 Å². The summed E-state index contributed by atoms with van der Waals surface area (Å²) in [6.45, 7) is 0. The molecule has 18 heavy (non-hydrogen) atoms. The van der Waals surface area contributed by atoms with Gasteiger partial charge in [0.05, 0.1) is 0 Å². The van der Waals surface area contributed by atoms with Gasteiger partial charge in [0.25, 0.3) is 0 Å². The topological polar surface area (TPSA) is 72.5 Å². The Bertz CT molecular complexity index is 691. The lowest BCUT2D eigenvalue weighted by Crippen LogP contribution is -1.90. The maximum atomic E-state index is 8.61. The minimum Gasteiger partial charge on any atom is -0.360 e. The molecule has 4 nitrogen and oxygen atoms in total. The Hall–Kier alpha value is -2.56. The summed E-state index contributed by atoms with van der Waals surface area (Å²) < 4.78 is 0. The molecule has 2 aromatic rings. The molecule has 0 radical (unpaired) electrons. The number of aromatic nitrogens is 1. The largest absolute Gasteiger partial charge is 0.360 e. The van der Waals surface area contributed by atoms with Crippen molar-refractivity contribution in [2.45, 2.75) is 0 Å². The molecule has 5 heteroatoms. The highest BCUT2D eigenvalue weighted by Gasteiger charge is 2.00. The number of benzene rings is 1. The quantitative estimate of drug-likeness (QED) is 0.660. The minimum absolute atomic E-state index is 0.0165. The van der Waals surface area contributed by atoms with E-state index in [1.165, 1.54) is 6.20 Å². The van der Waals surface area contributed by atoms with Crippen LogP contribution in [0.2, 0.25) is 5.15 Å². The fraction of sp³-hybridized carbons (Fsp3) is 0. The molecule has 0 spiro atoms. The van der Waals surface area contributed by atoms with Gasteiger partial charge in [0.1, 0.15) is 22.9 Å². The molecule has 0 aliphatic carbocycles. The summed E-state index contributed by atoms with van der Waals surface area (Å²) in [5.74, 6) is 0. The summed E-state index contributed by atoms with van der Waals surface area (Å²) in [5.41, 5.74) is 0.788. The fourth-order valence-corrected chi connectivity index (χ4v) is 1.70. The molecule has 0 bridgehead atoms. The Morgan fingerprint density at radius 3 is 2.78 bits per heavy atom. The smallest absolute Gasteiger partial charge is 0.145 e. The Morgan fingerprint density at radius 1 is 1.28 bits per heavy atom. The molecular weight excluding hydrogens is 248 g/mol. The van der Waals surface area contributed by atoms with Crippen LogP contribution in [0.15, 0.2) is 42.2 Å². The lowest BCUT2D eigenvalue weighted by molar-refractivity contribution is 1.36. The number of halogens is 1. The van der Waals surface area contributed by atoms with E-state index in [4.69, 9.17) is 22.1 Å². The number of anilines is 1. The number of rotatable bonds is 2. The van der Waals surface area contributed by atoms with Crippen LogP contribution in [0.3, 0.4) is 0 Å². The third-order valence-corrected chi connectivity index (χ3v) is 2.64. The summed E-state index contributed by atoms with van der Waals surface area (Å²) in [4.78, 5) is 3.98. The number of allylic oxidation sites excluding steroid dienone is 1. The lowest BCUT2D eigenvalue weighted by Gasteiger charge is -2.04. The van der Waals surface area contributed by atoms with Gasteiger partial charge in [0.15, 0.2) is 0 Å². The number of nitrogens with one attached hydrogen (secondary N) is 1. The molecule has 0 fully saturated rings. The van der Waals surface area contributed by atoms with E-state index in [-0.39, 0.29) is 5.57 Å². The van der Waals surface area contributed by atoms with Crippen LogP contribution >= 0.6 is 11.6 Å². The van der Waals surface area contributed by atoms with E-state index in [9.17, 15) is 0 Å². The first-order valence-electron chi connectivity index (χ1n) is 5.06. The van der Waals surface area contributed by atoms with Gasteiger partial charge in [-0.2, -0.15) is 10.5 Å². The van der Waals surface area contributed by atoms with Crippen LogP contribution < -0.4 is 5.32 Å². The van der Waals surface area contributed by atoms with Gasteiger partial charge in [-0.3, -0.25) is 0 Å². The molecule has 1 aromatic heterocycles. The third-order valence-electron chi connectivity index (χ3n) is 2.34. The molecule has 0 amide bonds. The molecule has 2 rings (SSSR count). The number of fused-ring (bicyclic) bond motifs is 1. The highest BCUT2D eigenvalue weighted by Crippen LogP contribution is 2.24. The number of hydrogen-bond donors (Lipinski definition) is 1. The first-order valence-corrected chi connectivity index (χ1v) is 5.43. The highest BCUT2D eigenvalue weighted by molar-refractivity contribution is 6.34. The third kappa shape index (κ3) is 2.40. The number of nitriles is 2. The lowest BCUT2D eigenvalue weighted by atomic mass is 10.1. The fourth-order valence-electron chi connectivity index (χ4n) is 1.48. The molecule has 86 valence electrons. The number of nitrogens with zero attached hydrogens (tertiary/aromatic N) is 3. The van der Waals surface area contributed by atoms with Gasteiger partial charge in [0.2, 0.25) is 0 Å². The standard InChI is InChI=1S/C13H7ClN4/c14-13-12-2-1-11(5-10(12)3-4-17-13)18-8-9(6-15)7-16/h1-5,8,18H. The molecule has 1 aromatic carbocycles. The molecule has 0 atom stereocenters. The first kappa shape index (κ1) is 11.9. The zero-order chi connectivity index (χ0) is 13.0. The van der Waals surface area contributed by atoms with Gasteiger partial charge in [-0.15, -0.1) is 0 Å². The van der Waals surface area contributed by atoms with Crippen molar-refractivity contribution in [2.24, 2.45) is 0 Å². The second-order valence-corrected chi connectivity index (χ2v) is 3.82. The van der Waals surface area contributed by atoms with Crippen LogP contribution in [-0.4, -0.2) is 4.98 Å².